The predicted octanol–water partition coefficient (Wildman–Crippen LogP) is -1.32. The normalized spacial score (nSPS) is 25.3. The first kappa shape index (κ1) is 21.8. The minimum atomic E-state index is -1.36. The number of nitrogens with one attached hydrogen (secondary N) is 4. The summed E-state index contributed by atoms with van der Waals surface area (Å²) >= 11 is 0. The summed E-state index contributed by atoms with van der Waals surface area (Å²) in [5.41, 5.74) is 1.48. The first-order valence-electron chi connectivity index (χ1n) is 8.64. The second kappa shape index (κ2) is 10.7. The highest BCUT2D eigenvalue weighted by molar-refractivity contribution is 5.92. The number of hydrogen-bond acceptors (Lipinski definition) is 6. The zero-order chi connectivity index (χ0) is 19.7. The van der Waals surface area contributed by atoms with Crippen LogP contribution >= 0.6 is 0 Å². The van der Waals surface area contributed by atoms with Crippen molar-refractivity contribution in [1.29, 1.82) is 0 Å². The summed E-state index contributed by atoms with van der Waals surface area (Å²) < 4.78 is 5.34. The molecule has 3 atom stereocenters. The second-order valence-corrected chi connectivity index (χ2v) is 6.61. The molecule has 0 saturated carbocycles. The number of carbonyl (C=O) groups excluding carboxylic acids is 4. The largest absolute Gasteiger partial charge is 0.358 e. The molecule has 1 aliphatic heterocycles. The van der Waals surface area contributed by atoms with Gasteiger partial charge in [-0.05, 0) is 25.2 Å². The number of ether oxygens (including phenoxy) is 1. The van der Waals surface area contributed by atoms with Crippen LogP contribution in [-0.2, 0) is 23.9 Å². The topological polar surface area (TPSA) is 146 Å². The highest BCUT2D eigenvalue weighted by Crippen LogP contribution is 2.20. The van der Waals surface area contributed by atoms with Gasteiger partial charge in [0.2, 0.25) is 17.7 Å². The monoisotopic (exact) mass is 372 g/mol. The average molecular weight is 372 g/mol. The van der Waals surface area contributed by atoms with Crippen molar-refractivity contribution in [1.82, 2.24) is 21.4 Å². The van der Waals surface area contributed by atoms with Gasteiger partial charge >= 0.3 is 0 Å². The molecular formula is C16H28N4O6. The van der Waals surface area contributed by atoms with Crippen molar-refractivity contribution in [3.8, 4) is 0 Å². The summed E-state index contributed by atoms with van der Waals surface area (Å²) in [6, 6.07) is -0.795. The van der Waals surface area contributed by atoms with Crippen molar-refractivity contribution in [2.45, 2.75) is 45.3 Å². The number of rotatable bonds is 4. The second-order valence-electron chi connectivity index (χ2n) is 6.61. The van der Waals surface area contributed by atoms with Gasteiger partial charge in [0.15, 0.2) is 6.10 Å². The SMILES string of the molecule is CNC(=O)[C@@H]1CCCNC(=O)CO[C@H](C(=O)NO)[C@@H](CC(C)C)C(=O)N1. The number of hydrogen-bond donors (Lipinski definition) is 5. The summed E-state index contributed by atoms with van der Waals surface area (Å²) in [7, 11) is 1.46. The van der Waals surface area contributed by atoms with Gasteiger partial charge in [-0.25, -0.2) is 5.48 Å². The maximum absolute atomic E-state index is 12.8. The molecule has 0 radical (unpaired) electrons. The molecule has 1 rings (SSSR count). The molecule has 10 nitrogen and oxygen atoms in total. The Bertz CT molecular complexity index is 525. The number of hydroxylamine groups is 1. The van der Waals surface area contributed by atoms with Crippen LogP contribution in [0, 0.1) is 11.8 Å². The number of likely N-dealkylation sites (N-methyl/N-ethyl adjacent to an activating group) is 1. The average Bonchev–Trinajstić information content (AvgIpc) is 2.60. The maximum atomic E-state index is 12.8. The van der Waals surface area contributed by atoms with Gasteiger partial charge in [-0.15, -0.1) is 0 Å². The Morgan fingerprint density at radius 3 is 2.58 bits per heavy atom. The summed E-state index contributed by atoms with van der Waals surface area (Å²) in [4.78, 5) is 48.7. The summed E-state index contributed by atoms with van der Waals surface area (Å²) in [5.74, 6) is -3.21. The Kier molecular flexibility index (Phi) is 9.00. The summed E-state index contributed by atoms with van der Waals surface area (Å²) in [5, 5.41) is 16.7. The number of carbonyl (C=O) groups is 4. The Morgan fingerprint density at radius 2 is 2.00 bits per heavy atom. The summed E-state index contributed by atoms with van der Waals surface area (Å²) in [6.07, 6.45) is -0.276. The van der Waals surface area contributed by atoms with E-state index in [0.717, 1.165) is 0 Å². The van der Waals surface area contributed by atoms with Crippen LogP contribution in [0.2, 0.25) is 0 Å². The van der Waals surface area contributed by atoms with Crippen LogP contribution in [0.1, 0.15) is 33.1 Å². The molecule has 0 aromatic rings. The van der Waals surface area contributed by atoms with Crippen molar-refractivity contribution >= 4 is 23.6 Å². The van der Waals surface area contributed by atoms with Gasteiger partial charge < -0.3 is 20.7 Å². The molecule has 4 amide bonds. The zero-order valence-corrected chi connectivity index (χ0v) is 15.3. The lowest BCUT2D eigenvalue weighted by Gasteiger charge is -2.28. The van der Waals surface area contributed by atoms with E-state index in [1.807, 2.05) is 13.8 Å². The van der Waals surface area contributed by atoms with E-state index in [1.54, 1.807) is 0 Å². The Labute approximate surface area is 152 Å². The summed E-state index contributed by atoms with van der Waals surface area (Å²) in [6.45, 7) is 3.61. The van der Waals surface area contributed by atoms with Crippen LogP contribution in [0.25, 0.3) is 0 Å². The van der Waals surface area contributed by atoms with E-state index in [2.05, 4.69) is 16.0 Å². The van der Waals surface area contributed by atoms with E-state index in [4.69, 9.17) is 9.94 Å². The molecule has 1 saturated heterocycles. The molecule has 0 aromatic carbocycles. The van der Waals surface area contributed by atoms with Crippen LogP contribution in [0.3, 0.4) is 0 Å². The zero-order valence-electron chi connectivity index (χ0n) is 15.3. The predicted molar refractivity (Wildman–Crippen MR) is 90.9 cm³/mol. The lowest BCUT2D eigenvalue weighted by Crippen LogP contribution is -2.53. The molecule has 26 heavy (non-hydrogen) atoms. The molecule has 0 unspecified atom stereocenters. The van der Waals surface area contributed by atoms with Gasteiger partial charge in [0.05, 0.1) is 5.92 Å². The van der Waals surface area contributed by atoms with Gasteiger partial charge in [-0.3, -0.25) is 24.4 Å². The van der Waals surface area contributed by atoms with E-state index >= 15 is 0 Å². The van der Waals surface area contributed by atoms with Crippen LogP contribution in [0.5, 0.6) is 0 Å². The van der Waals surface area contributed by atoms with Crippen molar-refractivity contribution in [3.63, 3.8) is 0 Å². The third kappa shape index (κ3) is 6.60. The highest BCUT2D eigenvalue weighted by atomic mass is 16.5. The van der Waals surface area contributed by atoms with Crippen LogP contribution in [-0.4, -0.2) is 61.2 Å². The fraction of sp³-hybridized carbons (Fsp3) is 0.750. The van der Waals surface area contributed by atoms with Gasteiger partial charge in [-0.2, -0.15) is 0 Å². The third-order valence-corrected chi connectivity index (χ3v) is 4.06. The molecule has 1 aliphatic rings. The van der Waals surface area contributed by atoms with Crippen LogP contribution < -0.4 is 21.4 Å². The molecule has 10 heteroatoms. The first-order chi connectivity index (χ1) is 12.3. The van der Waals surface area contributed by atoms with E-state index in [-0.39, 0.29) is 18.2 Å². The Balaban J connectivity index is 3.14. The van der Waals surface area contributed by atoms with E-state index in [9.17, 15) is 19.2 Å². The Morgan fingerprint density at radius 1 is 1.31 bits per heavy atom. The third-order valence-electron chi connectivity index (χ3n) is 4.06. The van der Waals surface area contributed by atoms with Gasteiger partial charge in [0, 0.05) is 13.6 Å². The van der Waals surface area contributed by atoms with E-state index < -0.39 is 42.4 Å². The minimum absolute atomic E-state index is 0.0310. The van der Waals surface area contributed by atoms with Gasteiger partial charge in [-0.1, -0.05) is 13.8 Å². The molecule has 0 aliphatic carbocycles. The quantitative estimate of drug-likeness (QED) is 0.306. The van der Waals surface area contributed by atoms with Crippen molar-refractivity contribution in [2.24, 2.45) is 11.8 Å². The standard InChI is InChI=1S/C16H28N4O6/c1-9(2)7-10-13(16(24)20-25)26-8-12(21)18-6-4-5-11(15(23)17-3)19-14(10)22/h9-11,13,25H,4-8H2,1-3H3,(H,17,23)(H,18,21)(H,19,22)(H,20,24)/t10-,11+,13+/m1/s1. The highest BCUT2D eigenvalue weighted by Gasteiger charge is 2.37. The first-order valence-corrected chi connectivity index (χ1v) is 8.64. The lowest BCUT2D eigenvalue weighted by molar-refractivity contribution is -0.154. The van der Waals surface area contributed by atoms with Crippen molar-refractivity contribution in [3.05, 3.63) is 0 Å². The van der Waals surface area contributed by atoms with E-state index in [0.29, 0.717) is 19.4 Å². The molecule has 1 fully saturated rings. The van der Waals surface area contributed by atoms with E-state index in [1.165, 1.54) is 12.5 Å². The molecule has 1 heterocycles. The molecule has 5 N–H and O–H groups in total. The maximum Gasteiger partial charge on any atom is 0.273 e. The van der Waals surface area contributed by atoms with Crippen molar-refractivity contribution < 1.29 is 29.1 Å². The smallest absolute Gasteiger partial charge is 0.273 e. The molecule has 148 valence electrons. The fourth-order valence-electron chi connectivity index (χ4n) is 2.79. The van der Waals surface area contributed by atoms with Gasteiger partial charge in [0.1, 0.15) is 12.6 Å². The molecule has 0 spiro atoms. The van der Waals surface area contributed by atoms with Crippen LogP contribution in [0.4, 0.5) is 0 Å². The molecule has 0 bridgehead atoms. The molecular weight excluding hydrogens is 344 g/mol. The molecule has 0 aromatic heterocycles. The number of amides is 4. The minimum Gasteiger partial charge on any atom is -0.358 e. The van der Waals surface area contributed by atoms with Crippen LogP contribution in [0.15, 0.2) is 0 Å². The lowest BCUT2D eigenvalue weighted by atomic mass is 9.90. The van der Waals surface area contributed by atoms with Crippen molar-refractivity contribution in [2.75, 3.05) is 20.2 Å². The Hall–Kier alpha value is -2.20. The van der Waals surface area contributed by atoms with Gasteiger partial charge in [0.25, 0.3) is 5.91 Å². The fourth-order valence-corrected chi connectivity index (χ4v) is 2.79.